The van der Waals surface area contributed by atoms with Crippen LogP contribution >= 0.6 is 0 Å². The number of rotatable bonds is 2. The summed E-state index contributed by atoms with van der Waals surface area (Å²) in [5.41, 5.74) is 0.884. The summed E-state index contributed by atoms with van der Waals surface area (Å²) in [6, 6.07) is 7.48. The van der Waals surface area contributed by atoms with Crippen LogP contribution < -0.4 is 0 Å². The quantitative estimate of drug-likeness (QED) is 0.830. The van der Waals surface area contributed by atoms with Crippen LogP contribution in [0.3, 0.4) is 0 Å². The van der Waals surface area contributed by atoms with Gasteiger partial charge < -0.3 is 0 Å². The maximum absolute atomic E-state index is 12.5. The van der Waals surface area contributed by atoms with E-state index in [4.69, 9.17) is 0 Å². The maximum Gasteiger partial charge on any atom is 0.294 e. The Morgan fingerprint density at radius 1 is 1.10 bits per heavy atom. The van der Waals surface area contributed by atoms with E-state index in [1.165, 1.54) is 6.07 Å². The number of benzene rings is 2. The van der Waals surface area contributed by atoms with Crippen LogP contribution in [0, 0.1) is 6.92 Å². The van der Waals surface area contributed by atoms with Crippen LogP contribution in [0.5, 0.6) is 0 Å². The lowest BCUT2D eigenvalue weighted by atomic mass is 10.1. The molecule has 0 unspecified atom stereocenters. The van der Waals surface area contributed by atoms with Gasteiger partial charge in [-0.05, 0) is 30.5 Å². The standard InChI is InChI=1S/C13H16O5S2/c1-9-4-5-10-7-11(19(14,15)16)8-13(12(10)6-9)20(2,3,17)18/h4-8H,1-3H3,(H,17,18)(H,14,15,16). The molecule has 20 heavy (non-hydrogen) atoms. The predicted molar refractivity (Wildman–Crippen MR) is 79.4 cm³/mol. The second-order valence-corrected chi connectivity index (χ2v) is 10.8. The van der Waals surface area contributed by atoms with E-state index in [-0.39, 0.29) is 9.79 Å². The Kier molecular flexibility index (Phi) is 3.11. The van der Waals surface area contributed by atoms with E-state index in [2.05, 4.69) is 0 Å². The molecule has 0 fully saturated rings. The molecule has 2 rings (SSSR count). The summed E-state index contributed by atoms with van der Waals surface area (Å²) < 4.78 is 54.5. The topological polar surface area (TPSA) is 91.7 Å². The average Bonchev–Trinajstić information content (AvgIpc) is 2.23. The van der Waals surface area contributed by atoms with Crippen molar-refractivity contribution in [3.05, 3.63) is 35.9 Å². The first kappa shape index (κ1) is 15.1. The number of hydrogen-bond donors (Lipinski definition) is 2. The highest BCUT2D eigenvalue weighted by Crippen LogP contribution is 2.35. The molecule has 5 nitrogen and oxygen atoms in total. The summed E-state index contributed by atoms with van der Waals surface area (Å²) >= 11 is 0. The van der Waals surface area contributed by atoms with Gasteiger partial charge in [-0.25, -0.2) is 4.21 Å². The summed E-state index contributed by atoms with van der Waals surface area (Å²) in [4.78, 5) is -0.378. The van der Waals surface area contributed by atoms with Gasteiger partial charge in [-0.15, -0.1) is 0 Å². The third-order valence-electron chi connectivity index (χ3n) is 2.97. The Bertz CT molecular complexity index is 864. The van der Waals surface area contributed by atoms with E-state index >= 15 is 0 Å². The third kappa shape index (κ3) is 2.90. The molecular formula is C13H16O5S2. The van der Waals surface area contributed by atoms with E-state index in [1.807, 2.05) is 6.92 Å². The van der Waals surface area contributed by atoms with Gasteiger partial charge in [-0.2, -0.15) is 17.8 Å². The summed E-state index contributed by atoms with van der Waals surface area (Å²) in [7, 11) is -8.61. The lowest BCUT2D eigenvalue weighted by Crippen LogP contribution is -2.29. The average molecular weight is 316 g/mol. The van der Waals surface area contributed by atoms with E-state index in [1.54, 1.807) is 18.2 Å². The molecule has 0 amide bonds. The minimum Gasteiger partial charge on any atom is -0.299 e. The third-order valence-corrected chi connectivity index (χ3v) is 5.40. The van der Waals surface area contributed by atoms with Crippen molar-refractivity contribution in [1.82, 2.24) is 0 Å². The van der Waals surface area contributed by atoms with Crippen LogP contribution in [-0.4, -0.2) is 34.2 Å². The van der Waals surface area contributed by atoms with Gasteiger partial charge in [0.05, 0.1) is 9.79 Å². The fourth-order valence-corrected chi connectivity index (χ4v) is 3.93. The summed E-state index contributed by atoms with van der Waals surface area (Å²) in [6.45, 7) is 1.83. The van der Waals surface area contributed by atoms with E-state index < -0.39 is 19.5 Å². The highest BCUT2D eigenvalue weighted by atomic mass is 32.3. The van der Waals surface area contributed by atoms with Gasteiger partial charge >= 0.3 is 0 Å². The van der Waals surface area contributed by atoms with Gasteiger partial charge in [0, 0.05) is 17.9 Å². The monoisotopic (exact) mass is 316 g/mol. The highest BCUT2D eigenvalue weighted by Gasteiger charge is 2.24. The molecule has 0 radical (unpaired) electrons. The molecule has 0 aliphatic heterocycles. The van der Waals surface area contributed by atoms with Gasteiger partial charge in [-0.1, -0.05) is 17.7 Å². The Labute approximate surface area is 117 Å². The molecule has 0 bridgehead atoms. The van der Waals surface area contributed by atoms with Crippen LogP contribution in [0.4, 0.5) is 0 Å². The normalized spacial score (nSPS) is 14.9. The highest BCUT2D eigenvalue weighted by molar-refractivity contribution is 8.14. The van der Waals surface area contributed by atoms with Crippen molar-refractivity contribution in [3.63, 3.8) is 0 Å². The van der Waals surface area contributed by atoms with E-state index in [0.29, 0.717) is 10.8 Å². The lowest BCUT2D eigenvalue weighted by Gasteiger charge is -2.35. The van der Waals surface area contributed by atoms with Crippen LogP contribution in [0.2, 0.25) is 0 Å². The van der Waals surface area contributed by atoms with Gasteiger partial charge in [0.1, 0.15) is 0 Å². The molecule has 110 valence electrons. The predicted octanol–water partition coefficient (Wildman–Crippen LogP) is 2.31. The largest absolute Gasteiger partial charge is 0.299 e. The first-order valence-electron chi connectivity index (χ1n) is 5.73. The van der Waals surface area contributed by atoms with Gasteiger partial charge in [0.2, 0.25) is 0 Å². The zero-order valence-corrected chi connectivity index (χ0v) is 13.0. The van der Waals surface area contributed by atoms with E-state index in [0.717, 1.165) is 24.1 Å². The minimum absolute atomic E-state index is 0.0100. The van der Waals surface area contributed by atoms with Crippen molar-refractivity contribution < 1.29 is 21.7 Å². The van der Waals surface area contributed by atoms with Gasteiger partial charge in [-0.3, -0.25) is 9.11 Å². The number of hydrogen-bond acceptors (Lipinski definition) is 3. The molecule has 0 aliphatic carbocycles. The molecule has 0 atom stereocenters. The van der Waals surface area contributed by atoms with Crippen LogP contribution in [-0.2, 0) is 19.5 Å². The van der Waals surface area contributed by atoms with Crippen molar-refractivity contribution in [3.8, 4) is 0 Å². The summed E-state index contributed by atoms with van der Waals surface area (Å²) in [6.07, 6.45) is 2.31. The van der Waals surface area contributed by atoms with Crippen molar-refractivity contribution in [2.45, 2.75) is 16.7 Å². The fraction of sp³-hybridized carbons (Fsp3) is 0.231. The van der Waals surface area contributed by atoms with Crippen LogP contribution in [0.15, 0.2) is 40.1 Å². The second kappa shape index (κ2) is 4.11. The maximum atomic E-state index is 12.5. The van der Waals surface area contributed by atoms with Crippen molar-refractivity contribution in [2.75, 3.05) is 12.5 Å². The molecule has 0 saturated carbocycles. The van der Waals surface area contributed by atoms with Crippen molar-refractivity contribution in [1.29, 1.82) is 0 Å². The molecule has 2 aromatic rings. The molecule has 7 heteroatoms. The molecule has 0 aromatic heterocycles. The molecule has 2 N–H and O–H groups in total. The zero-order valence-electron chi connectivity index (χ0n) is 11.3. The number of fused-ring (bicyclic) bond motifs is 1. The van der Waals surface area contributed by atoms with Gasteiger partial charge in [0.15, 0.2) is 0 Å². The Morgan fingerprint density at radius 3 is 2.20 bits per heavy atom. The van der Waals surface area contributed by atoms with Crippen molar-refractivity contribution in [2.24, 2.45) is 0 Å². The summed E-state index contributed by atoms with van der Waals surface area (Å²) in [5.74, 6) is 0. The SMILES string of the molecule is Cc1ccc2cc(S(=O)(=O)O)cc(S(C)(C)(=O)O)c2c1. The second-order valence-electron chi connectivity index (χ2n) is 5.39. The Hall–Kier alpha value is -1.28. The van der Waals surface area contributed by atoms with Crippen molar-refractivity contribution >= 4 is 30.2 Å². The Morgan fingerprint density at radius 2 is 1.70 bits per heavy atom. The molecular weight excluding hydrogens is 300 g/mol. The minimum atomic E-state index is -4.45. The first-order valence-corrected chi connectivity index (χ1v) is 9.91. The first-order chi connectivity index (χ1) is 8.85. The molecule has 0 heterocycles. The molecule has 2 aromatic carbocycles. The summed E-state index contributed by atoms with van der Waals surface area (Å²) in [5, 5.41) is 0.985. The van der Waals surface area contributed by atoms with Gasteiger partial charge in [0.25, 0.3) is 10.1 Å². The Balaban J connectivity index is 3.04. The zero-order chi connectivity index (χ0) is 15.4. The molecule has 0 saturated heterocycles. The van der Waals surface area contributed by atoms with E-state index in [9.17, 15) is 21.7 Å². The smallest absolute Gasteiger partial charge is 0.294 e. The fourth-order valence-electron chi connectivity index (χ4n) is 2.04. The molecule has 0 aliphatic rings. The molecule has 0 spiro atoms. The number of aryl methyl sites for hydroxylation is 1. The van der Waals surface area contributed by atoms with Crippen LogP contribution in [0.1, 0.15) is 5.56 Å². The lowest BCUT2D eigenvalue weighted by molar-refractivity contribution is 0.483. The van der Waals surface area contributed by atoms with Crippen LogP contribution in [0.25, 0.3) is 10.8 Å².